The lowest BCUT2D eigenvalue weighted by Crippen LogP contribution is -2.42. The highest BCUT2D eigenvalue weighted by atomic mass is 32.2. The number of hydrogen-bond acceptors (Lipinski definition) is 3. The Kier molecular flexibility index (Phi) is 5.45. The van der Waals surface area contributed by atoms with Gasteiger partial charge in [-0.3, -0.25) is 4.79 Å². The molecule has 2 atom stereocenters. The zero-order valence-corrected chi connectivity index (χ0v) is 14.3. The van der Waals surface area contributed by atoms with E-state index in [4.69, 9.17) is 6.42 Å². The molecular formula is C17H22N2O3S. The summed E-state index contributed by atoms with van der Waals surface area (Å²) in [5.41, 5.74) is 0.502. The van der Waals surface area contributed by atoms with Crippen LogP contribution < -0.4 is 4.72 Å². The number of nitrogens with one attached hydrogen (secondary N) is 1. The van der Waals surface area contributed by atoms with E-state index in [0.29, 0.717) is 17.4 Å². The number of hydrogen-bond donors (Lipinski definition) is 1. The molecule has 1 saturated heterocycles. The number of terminal acetylenes is 1. The third kappa shape index (κ3) is 4.34. The van der Waals surface area contributed by atoms with Crippen LogP contribution in [0.4, 0.5) is 0 Å². The Labute approximate surface area is 138 Å². The molecule has 1 heterocycles. The fourth-order valence-corrected chi connectivity index (χ4v) is 3.94. The second-order valence-corrected chi connectivity index (χ2v) is 7.98. The molecule has 0 aliphatic carbocycles. The summed E-state index contributed by atoms with van der Waals surface area (Å²) in [4.78, 5) is 14.5. The van der Waals surface area contributed by atoms with Crippen LogP contribution in [0.2, 0.25) is 0 Å². The van der Waals surface area contributed by atoms with Gasteiger partial charge in [0.05, 0.1) is 11.4 Å². The van der Waals surface area contributed by atoms with Gasteiger partial charge in [0.2, 0.25) is 10.0 Å². The quantitative estimate of drug-likeness (QED) is 0.853. The number of piperidine rings is 1. The van der Waals surface area contributed by atoms with Crippen molar-refractivity contribution >= 4 is 15.9 Å². The molecule has 1 aliphatic rings. The molecule has 0 bridgehead atoms. The molecule has 0 aromatic heterocycles. The minimum Gasteiger partial charge on any atom is -0.338 e. The number of carbonyl (C=O) groups is 1. The summed E-state index contributed by atoms with van der Waals surface area (Å²) in [6, 6.07) is 5.97. The summed E-state index contributed by atoms with van der Waals surface area (Å²) in [5.74, 6) is 3.13. The number of rotatable bonds is 4. The van der Waals surface area contributed by atoms with Crippen molar-refractivity contribution in [2.24, 2.45) is 11.8 Å². The van der Waals surface area contributed by atoms with Crippen molar-refractivity contribution < 1.29 is 13.2 Å². The van der Waals surface area contributed by atoms with Gasteiger partial charge in [-0.2, -0.15) is 4.72 Å². The van der Waals surface area contributed by atoms with Crippen molar-refractivity contribution in [2.45, 2.75) is 25.2 Å². The highest BCUT2D eigenvalue weighted by molar-refractivity contribution is 7.89. The van der Waals surface area contributed by atoms with E-state index in [2.05, 4.69) is 24.5 Å². The molecule has 0 saturated carbocycles. The van der Waals surface area contributed by atoms with E-state index in [0.717, 1.165) is 19.5 Å². The number of amides is 1. The van der Waals surface area contributed by atoms with Crippen LogP contribution in [-0.2, 0) is 10.0 Å². The molecule has 1 fully saturated rings. The first-order chi connectivity index (χ1) is 10.8. The van der Waals surface area contributed by atoms with Gasteiger partial charge in [0.25, 0.3) is 5.91 Å². The highest BCUT2D eigenvalue weighted by Gasteiger charge is 2.26. The molecule has 1 N–H and O–H groups in total. The molecule has 0 spiro atoms. The van der Waals surface area contributed by atoms with E-state index >= 15 is 0 Å². The maximum absolute atomic E-state index is 12.6. The molecule has 0 radical (unpaired) electrons. The van der Waals surface area contributed by atoms with Crippen LogP contribution in [0.1, 0.15) is 30.6 Å². The van der Waals surface area contributed by atoms with Gasteiger partial charge in [0.15, 0.2) is 0 Å². The largest absolute Gasteiger partial charge is 0.338 e. The molecule has 2 rings (SSSR count). The molecule has 124 valence electrons. The molecule has 2 unspecified atom stereocenters. The van der Waals surface area contributed by atoms with Gasteiger partial charge >= 0.3 is 0 Å². The van der Waals surface area contributed by atoms with Crippen molar-refractivity contribution in [1.29, 1.82) is 0 Å². The fourth-order valence-electron chi connectivity index (χ4n) is 3.01. The second kappa shape index (κ2) is 7.16. The molecule has 5 nitrogen and oxygen atoms in total. The van der Waals surface area contributed by atoms with Gasteiger partial charge in [-0.1, -0.05) is 19.8 Å². The summed E-state index contributed by atoms with van der Waals surface area (Å²) < 4.78 is 26.2. The molecule has 1 aliphatic heterocycles. The zero-order valence-electron chi connectivity index (χ0n) is 13.5. The summed E-state index contributed by atoms with van der Waals surface area (Å²) in [7, 11) is -3.62. The molecule has 1 aromatic rings. The predicted molar refractivity (Wildman–Crippen MR) is 89.3 cm³/mol. The van der Waals surface area contributed by atoms with Crippen molar-refractivity contribution in [3.63, 3.8) is 0 Å². The molecule has 6 heteroatoms. The van der Waals surface area contributed by atoms with Crippen molar-refractivity contribution in [2.75, 3.05) is 19.6 Å². The number of sulfonamides is 1. The summed E-state index contributed by atoms with van der Waals surface area (Å²) >= 11 is 0. The second-order valence-electron chi connectivity index (χ2n) is 6.21. The zero-order chi connectivity index (χ0) is 17.0. The van der Waals surface area contributed by atoms with Gasteiger partial charge in [-0.15, -0.1) is 6.42 Å². The Bertz CT molecular complexity index is 694. The third-order valence-electron chi connectivity index (χ3n) is 3.93. The van der Waals surface area contributed by atoms with E-state index in [-0.39, 0.29) is 17.3 Å². The maximum Gasteiger partial charge on any atom is 0.253 e. The first kappa shape index (κ1) is 17.5. The molecule has 23 heavy (non-hydrogen) atoms. The van der Waals surface area contributed by atoms with Crippen molar-refractivity contribution in [3.05, 3.63) is 29.8 Å². The van der Waals surface area contributed by atoms with Crippen LogP contribution >= 0.6 is 0 Å². The van der Waals surface area contributed by atoms with Gasteiger partial charge in [-0.25, -0.2) is 8.42 Å². The van der Waals surface area contributed by atoms with Crippen molar-refractivity contribution in [3.8, 4) is 12.3 Å². The van der Waals surface area contributed by atoms with Crippen LogP contribution in [0.3, 0.4) is 0 Å². The smallest absolute Gasteiger partial charge is 0.253 e. The van der Waals surface area contributed by atoms with Gasteiger partial charge in [-0.05, 0) is 42.5 Å². The first-order valence-corrected chi connectivity index (χ1v) is 9.14. The van der Waals surface area contributed by atoms with Crippen LogP contribution in [0, 0.1) is 24.2 Å². The van der Waals surface area contributed by atoms with Crippen LogP contribution in [0.15, 0.2) is 29.2 Å². The Morgan fingerprint density at radius 1 is 1.26 bits per heavy atom. The van der Waals surface area contributed by atoms with E-state index in [9.17, 15) is 13.2 Å². The highest BCUT2D eigenvalue weighted by Crippen LogP contribution is 2.23. The summed E-state index contributed by atoms with van der Waals surface area (Å²) in [6.07, 6.45) is 6.18. The molecule has 1 aromatic carbocycles. The number of likely N-dealkylation sites (tertiary alicyclic amines) is 1. The van der Waals surface area contributed by atoms with E-state index in [1.165, 1.54) is 12.1 Å². The Morgan fingerprint density at radius 3 is 2.35 bits per heavy atom. The third-order valence-corrected chi connectivity index (χ3v) is 5.35. The lowest BCUT2D eigenvalue weighted by molar-refractivity contribution is 0.0623. The first-order valence-electron chi connectivity index (χ1n) is 7.66. The van der Waals surface area contributed by atoms with E-state index in [1.54, 1.807) is 12.1 Å². The SMILES string of the molecule is C#CCNS(=O)(=O)c1ccc(C(=O)N2CC(C)CC(C)C2)cc1. The van der Waals surface area contributed by atoms with Gasteiger partial charge in [0, 0.05) is 18.7 Å². The minimum atomic E-state index is -3.62. The maximum atomic E-state index is 12.6. The average Bonchev–Trinajstić information content (AvgIpc) is 2.51. The Hall–Kier alpha value is -1.84. The Balaban J connectivity index is 2.13. The predicted octanol–water partition coefficient (Wildman–Crippen LogP) is 1.72. The normalized spacial score (nSPS) is 21.7. The summed E-state index contributed by atoms with van der Waals surface area (Å²) in [6.45, 7) is 5.71. The van der Waals surface area contributed by atoms with Gasteiger partial charge in [0.1, 0.15) is 0 Å². The summed E-state index contributed by atoms with van der Waals surface area (Å²) in [5, 5.41) is 0. The monoisotopic (exact) mass is 334 g/mol. The molecular weight excluding hydrogens is 312 g/mol. The lowest BCUT2D eigenvalue weighted by Gasteiger charge is -2.35. The average molecular weight is 334 g/mol. The fraction of sp³-hybridized carbons (Fsp3) is 0.471. The lowest BCUT2D eigenvalue weighted by atomic mass is 9.91. The van der Waals surface area contributed by atoms with Gasteiger partial charge < -0.3 is 4.90 Å². The van der Waals surface area contributed by atoms with E-state index < -0.39 is 10.0 Å². The number of benzene rings is 1. The van der Waals surface area contributed by atoms with Crippen LogP contribution in [0.25, 0.3) is 0 Å². The Morgan fingerprint density at radius 2 is 1.83 bits per heavy atom. The molecule has 1 amide bonds. The van der Waals surface area contributed by atoms with Crippen LogP contribution in [0.5, 0.6) is 0 Å². The standard InChI is InChI=1S/C17H22N2O3S/c1-4-9-18-23(21,22)16-7-5-15(6-8-16)17(20)19-11-13(2)10-14(3)12-19/h1,5-8,13-14,18H,9-12H2,2-3H3. The van der Waals surface area contributed by atoms with Crippen LogP contribution in [-0.4, -0.2) is 38.9 Å². The van der Waals surface area contributed by atoms with E-state index in [1.807, 2.05) is 4.90 Å². The minimum absolute atomic E-state index is 0.0519. The number of carbonyl (C=O) groups excluding carboxylic acids is 1. The van der Waals surface area contributed by atoms with Crippen molar-refractivity contribution in [1.82, 2.24) is 9.62 Å². The number of nitrogens with zero attached hydrogens (tertiary/aromatic N) is 1. The topological polar surface area (TPSA) is 66.5 Å².